The maximum atomic E-state index is 13.1. The molecular formula is C21H23NO. The molecule has 1 heterocycles. The Balaban J connectivity index is 1.69. The fourth-order valence-corrected chi connectivity index (χ4v) is 3.91. The molecule has 118 valence electrons. The lowest BCUT2D eigenvalue weighted by Gasteiger charge is -2.24. The van der Waals surface area contributed by atoms with E-state index in [1.807, 2.05) is 48.5 Å². The standard InChI is InChI=1S/C21H23NO/c23-21(17-12-6-2-7-13-17)20-19(16-10-4-1-5-11-16)22(20)18-14-8-3-9-15-18/h1-2,4-7,10-13,18-20H,3,8-9,14-15H2/t19-,20+,22?/m1/s1/i20D. The molecule has 23 heavy (non-hydrogen) atoms. The van der Waals surface area contributed by atoms with Gasteiger partial charge in [0.2, 0.25) is 0 Å². The summed E-state index contributed by atoms with van der Waals surface area (Å²) in [6.45, 7) is 0. The van der Waals surface area contributed by atoms with Crippen molar-refractivity contribution >= 4 is 5.78 Å². The Morgan fingerprint density at radius 2 is 1.52 bits per heavy atom. The van der Waals surface area contributed by atoms with Gasteiger partial charge in [-0.15, -0.1) is 0 Å². The van der Waals surface area contributed by atoms with E-state index in [9.17, 15) is 4.79 Å². The van der Waals surface area contributed by atoms with Gasteiger partial charge < -0.3 is 0 Å². The molecule has 0 spiro atoms. The number of ketones is 1. The second-order valence-corrected chi connectivity index (χ2v) is 6.59. The largest absolute Gasteiger partial charge is 0.292 e. The van der Waals surface area contributed by atoms with Crippen LogP contribution in [0, 0.1) is 0 Å². The third-order valence-electron chi connectivity index (χ3n) is 5.10. The van der Waals surface area contributed by atoms with Crippen LogP contribution in [0.15, 0.2) is 60.7 Å². The van der Waals surface area contributed by atoms with Crippen molar-refractivity contribution in [1.82, 2.24) is 4.90 Å². The summed E-state index contributed by atoms with van der Waals surface area (Å²) in [6, 6.07) is 18.5. The quantitative estimate of drug-likeness (QED) is 0.606. The number of benzene rings is 2. The lowest BCUT2D eigenvalue weighted by molar-refractivity contribution is 0.0963. The van der Waals surface area contributed by atoms with E-state index in [4.69, 9.17) is 1.37 Å². The molecule has 0 N–H and O–H groups in total. The number of rotatable bonds is 4. The van der Waals surface area contributed by atoms with Crippen molar-refractivity contribution in [2.75, 3.05) is 0 Å². The van der Waals surface area contributed by atoms with Crippen LogP contribution in [0.25, 0.3) is 0 Å². The van der Waals surface area contributed by atoms with Crippen LogP contribution in [-0.2, 0) is 0 Å². The van der Waals surface area contributed by atoms with Gasteiger partial charge in [-0.3, -0.25) is 9.69 Å². The molecule has 2 aliphatic rings. The first-order valence-corrected chi connectivity index (χ1v) is 8.66. The Morgan fingerprint density at radius 3 is 2.17 bits per heavy atom. The van der Waals surface area contributed by atoms with Crippen molar-refractivity contribution in [3.05, 3.63) is 71.8 Å². The maximum absolute atomic E-state index is 13.1. The van der Waals surface area contributed by atoms with Crippen LogP contribution >= 0.6 is 0 Å². The van der Waals surface area contributed by atoms with E-state index in [0.29, 0.717) is 11.6 Å². The number of hydrogen-bond acceptors (Lipinski definition) is 2. The van der Waals surface area contributed by atoms with Gasteiger partial charge in [0.1, 0.15) is 0 Å². The summed E-state index contributed by atoms with van der Waals surface area (Å²) in [7, 11) is 0. The van der Waals surface area contributed by atoms with Gasteiger partial charge in [-0.25, -0.2) is 0 Å². The highest BCUT2D eigenvalue weighted by molar-refractivity contribution is 6.02. The van der Waals surface area contributed by atoms with Crippen LogP contribution in [0.5, 0.6) is 0 Å². The molecule has 2 aromatic carbocycles. The van der Waals surface area contributed by atoms with Crippen molar-refractivity contribution in [2.45, 2.75) is 50.2 Å². The van der Waals surface area contributed by atoms with E-state index >= 15 is 0 Å². The lowest BCUT2D eigenvalue weighted by Crippen LogP contribution is -2.26. The zero-order valence-electron chi connectivity index (χ0n) is 14.3. The number of Topliss-reactive ketones (excluding diaryl/α,β-unsaturated/α-hetero) is 1. The predicted octanol–water partition coefficient (Wildman–Crippen LogP) is 4.63. The van der Waals surface area contributed by atoms with Gasteiger partial charge in [0.15, 0.2) is 5.78 Å². The Morgan fingerprint density at radius 1 is 0.913 bits per heavy atom. The van der Waals surface area contributed by atoms with Gasteiger partial charge in [-0.05, 0) is 18.4 Å². The predicted molar refractivity (Wildman–Crippen MR) is 92.5 cm³/mol. The van der Waals surface area contributed by atoms with Crippen LogP contribution in [0.2, 0.25) is 0 Å². The van der Waals surface area contributed by atoms with Crippen LogP contribution in [0.1, 0.15) is 55.4 Å². The second kappa shape index (κ2) is 6.29. The molecule has 1 aliphatic carbocycles. The average Bonchev–Trinajstić information content (AvgIpc) is 3.30. The molecule has 2 fully saturated rings. The van der Waals surface area contributed by atoms with Crippen LogP contribution in [0.4, 0.5) is 0 Å². The molecule has 0 amide bonds. The number of hydrogen-bond donors (Lipinski definition) is 0. The SMILES string of the molecule is [2H][C@@]1(C(=O)c2ccccc2)[C@@H](c2ccccc2)N1C1CCCCC1. The van der Waals surface area contributed by atoms with Crippen molar-refractivity contribution in [1.29, 1.82) is 0 Å². The Labute approximate surface area is 139 Å². The molecule has 2 nitrogen and oxygen atoms in total. The summed E-state index contributed by atoms with van der Waals surface area (Å²) in [6.07, 6.45) is 5.90. The fraction of sp³-hybridized carbons (Fsp3) is 0.381. The molecule has 0 bridgehead atoms. The molecule has 3 atom stereocenters. The second-order valence-electron chi connectivity index (χ2n) is 6.59. The molecule has 2 aromatic rings. The monoisotopic (exact) mass is 306 g/mol. The Kier molecular flexibility index (Phi) is 3.69. The minimum Gasteiger partial charge on any atom is -0.292 e. The highest BCUT2D eigenvalue weighted by Crippen LogP contribution is 2.49. The molecule has 1 aliphatic heterocycles. The molecular weight excluding hydrogens is 282 g/mol. The van der Waals surface area contributed by atoms with Crippen LogP contribution in [-0.4, -0.2) is 22.7 Å². The van der Waals surface area contributed by atoms with E-state index < -0.39 is 6.02 Å². The van der Waals surface area contributed by atoms with E-state index in [2.05, 4.69) is 17.0 Å². The molecule has 4 rings (SSSR count). The Hall–Kier alpha value is -1.93. The smallest absolute Gasteiger partial charge is 0.181 e. The van der Waals surface area contributed by atoms with E-state index in [-0.39, 0.29) is 11.8 Å². The molecule has 0 radical (unpaired) electrons. The van der Waals surface area contributed by atoms with Crippen LogP contribution in [0.3, 0.4) is 0 Å². The normalized spacial score (nSPS) is 31.4. The summed E-state index contributed by atoms with van der Waals surface area (Å²) in [4.78, 5) is 15.3. The van der Waals surface area contributed by atoms with Gasteiger partial charge >= 0.3 is 0 Å². The first-order valence-electron chi connectivity index (χ1n) is 9.16. The number of carbonyl (C=O) groups excluding carboxylic acids is 1. The lowest BCUT2D eigenvalue weighted by atomic mass is 9.95. The topological polar surface area (TPSA) is 20.1 Å². The fourth-order valence-electron chi connectivity index (χ4n) is 3.91. The molecule has 1 unspecified atom stereocenters. The van der Waals surface area contributed by atoms with E-state index in [0.717, 1.165) is 18.4 Å². The third kappa shape index (κ3) is 2.84. The summed E-state index contributed by atoms with van der Waals surface area (Å²) in [5.41, 5.74) is 1.73. The molecule has 1 saturated heterocycles. The van der Waals surface area contributed by atoms with Crippen molar-refractivity contribution < 1.29 is 6.17 Å². The molecule has 1 saturated carbocycles. The zero-order valence-corrected chi connectivity index (χ0v) is 13.3. The van der Waals surface area contributed by atoms with Gasteiger partial charge in [-0.1, -0.05) is 79.9 Å². The van der Waals surface area contributed by atoms with Crippen molar-refractivity contribution in [3.63, 3.8) is 0 Å². The van der Waals surface area contributed by atoms with Gasteiger partial charge in [0.05, 0.1) is 13.4 Å². The van der Waals surface area contributed by atoms with Gasteiger partial charge in [-0.2, -0.15) is 0 Å². The van der Waals surface area contributed by atoms with E-state index in [1.54, 1.807) is 0 Å². The van der Waals surface area contributed by atoms with Crippen LogP contribution < -0.4 is 0 Å². The van der Waals surface area contributed by atoms with E-state index in [1.165, 1.54) is 19.3 Å². The highest BCUT2D eigenvalue weighted by Gasteiger charge is 2.55. The minimum atomic E-state index is -1.15. The molecule has 0 aromatic heterocycles. The summed E-state index contributed by atoms with van der Waals surface area (Å²) < 4.78 is 9.05. The first kappa shape index (κ1) is 13.5. The van der Waals surface area contributed by atoms with Gasteiger partial charge in [0.25, 0.3) is 0 Å². The molecule has 2 heteroatoms. The number of nitrogens with zero attached hydrogens (tertiary/aromatic N) is 1. The van der Waals surface area contributed by atoms with Gasteiger partial charge in [0, 0.05) is 11.6 Å². The maximum Gasteiger partial charge on any atom is 0.181 e. The summed E-state index contributed by atoms with van der Waals surface area (Å²) in [5.74, 6) is -0.0671. The average molecular weight is 306 g/mol. The van der Waals surface area contributed by atoms with Crippen molar-refractivity contribution in [3.8, 4) is 0 Å². The number of carbonyl (C=O) groups is 1. The minimum absolute atomic E-state index is 0.0671. The summed E-state index contributed by atoms with van der Waals surface area (Å²) >= 11 is 0. The first-order chi connectivity index (χ1) is 11.7. The summed E-state index contributed by atoms with van der Waals surface area (Å²) in [5, 5.41) is 0. The zero-order chi connectivity index (χ0) is 16.6. The highest BCUT2D eigenvalue weighted by atomic mass is 16.1. The Bertz CT molecular complexity index is 711. The third-order valence-corrected chi connectivity index (χ3v) is 5.10. The van der Waals surface area contributed by atoms with Crippen molar-refractivity contribution in [2.24, 2.45) is 0 Å².